The third-order valence-corrected chi connectivity index (χ3v) is 3.56. The topological polar surface area (TPSA) is 44.0 Å². The van der Waals surface area contributed by atoms with E-state index in [1.165, 1.54) is 11.3 Å². The number of nitrogens with one attached hydrogen (secondary N) is 2. The summed E-state index contributed by atoms with van der Waals surface area (Å²) in [5.41, 5.74) is 3.62. The standard InChI is InChI=1S/C15H20N4/c1-12-2-4-13(5-3-12)15-17-10-14(18-15)11-19-8-6-16-7-9-19/h2-5,10,16H,6-9,11H2,1H3,(H,17,18). The maximum Gasteiger partial charge on any atom is 0.137 e. The summed E-state index contributed by atoms with van der Waals surface area (Å²) in [7, 11) is 0. The fourth-order valence-electron chi connectivity index (χ4n) is 2.41. The van der Waals surface area contributed by atoms with Gasteiger partial charge in [0.15, 0.2) is 0 Å². The maximum atomic E-state index is 4.48. The highest BCUT2D eigenvalue weighted by molar-refractivity contribution is 5.55. The third kappa shape index (κ3) is 3.03. The zero-order valence-electron chi connectivity index (χ0n) is 11.3. The Hall–Kier alpha value is -1.65. The van der Waals surface area contributed by atoms with Gasteiger partial charge in [-0.2, -0.15) is 0 Å². The van der Waals surface area contributed by atoms with Gasteiger partial charge in [-0.1, -0.05) is 29.8 Å². The number of benzene rings is 1. The maximum absolute atomic E-state index is 4.48. The Morgan fingerprint density at radius 2 is 1.89 bits per heavy atom. The molecule has 1 saturated heterocycles. The molecule has 0 unspecified atom stereocenters. The van der Waals surface area contributed by atoms with Gasteiger partial charge in [-0.15, -0.1) is 0 Å². The largest absolute Gasteiger partial charge is 0.341 e. The molecule has 0 atom stereocenters. The monoisotopic (exact) mass is 256 g/mol. The van der Waals surface area contributed by atoms with Gasteiger partial charge in [-0.3, -0.25) is 4.90 Å². The van der Waals surface area contributed by atoms with Crippen LogP contribution in [0.4, 0.5) is 0 Å². The van der Waals surface area contributed by atoms with E-state index in [1.54, 1.807) is 0 Å². The van der Waals surface area contributed by atoms with Gasteiger partial charge in [0.25, 0.3) is 0 Å². The molecule has 1 fully saturated rings. The van der Waals surface area contributed by atoms with Crippen molar-refractivity contribution < 1.29 is 0 Å². The molecule has 0 bridgehead atoms. The molecule has 3 rings (SSSR count). The fourth-order valence-corrected chi connectivity index (χ4v) is 2.41. The highest BCUT2D eigenvalue weighted by Gasteiger charge is 2.11. The molecule has 1 aromatic heterocycles. The second kappa shape index (κ2) is 5.55. The van der Waals surface area contributed by atoms with Gasteiger partial charge in [-0.05, 0) is 6.92 Å². The minimum atomic E-state index is 0.959. The first-order valence-electron chi connectivity index (χ1n) is 6.85. The summed E-state index contributed by atoms with van der Waals surface area (Å²) in [4.78, 5) is 10.4. The molecule has 0 aliphatic carbocycles. The number of hydrogen-bond donors (Lipinski definition) is 2. The van der Waals surface area contributed by atoms with E-state index in [9.17, 15) is 0 Å². The molecule has 4 heteroatoms. The molecule has 0 spiro atoms. The van der Waals surface area contributed by atoms with E-state index >= 15 is 0 Å². The summed E-state index contributed by atoms with van der Waals surface area (Å²) >= 11 is 0. The van der Waals surface area contributed by atoms with Crippen LogP contribution >= 0.6 is 0 Å². The molecule has 0 saturated carbocycles. The predicted molar refractivity (Wildman–Crippen MR) is 76.9 cm³/mol. The number of aromatic nitrogens is 2. The molecule has 1 aromatic carbocycles. The Morgan fingerprint density at radius 1 is 1.16 bits per heavy atom. The number of imidazole rings is 1. The molecule has 0 radical (unpaired) electrons. The second-order valence-corrected chi connectivity index (χ2v) is 5.15. The molecular formula is C15H20N4. The smallest absolute Gasteiger partial charge is 0.137 e. The van der Waals surface area contributed by atoms with Crippen LogP contribution in [-0.4, -0.2) is 41.0 Å². The summed E-state index contributed by atoms with van der Waals surface area (Å²) in [5, 5.41) is 3.37. The lowest BCUT2D eigenvalue weighted by atomic mass is 10.1. The lowest BCUT2D eigenvalue weighted by molar-refractivity contribution is 0.231. The van der Waals surface area contributed by atoms with E-state index in [0.717, 1.165) is 44.1 Å². The molecule has 4 nitrogen and oxygen atoms in total. The first-order chi connectivity index (χ1) is 9.31. The van der Waals surface area contributed by atoms with Crippen molar-refractivity contribution >= 4 is 0 Å². The summed E-state index contributed by atoms with van der Waals surface area (Å²) in [5.74, 6) is 0.963. The van der Waals surface area contributed by atoms with Gasteiger partial charge in [0.1, 0.15) is 5.82 Å². The summed E-state index contributed by atoms with van der Waals surface area (Å²) in [6.07, 6.45) is 1.96. The number of aryl methyl sites for hydroxylation is 1. The van der Waals surface area contributed by atoms with Crippen LogP contribution < -0.4 is 5.32 Å². The van der Waals surface area contributed by atoms with Gasteiger partial charge >= 0.3 is 0 Å². The zero-order valence-corrected chi connectivity index (χ0v) is 11.3. The van der Waals surface area contributed by atoms with Gasteiger partial charge in [0, 0.05) is 50.2 Å². The molecular weight excluding hydrogens is 236 g/mol. The minimum absolute atomic E-state index is 0.959. The number of piperazine rings is 1. The van der Waals surface area contributed by atoms with Crippen LogP contribution in [0.5, 0.6) is 0 Å². The van der Waals surface area contributed by atoms with E-state index in [0.29, 0.717) is 0 Å². The van der Waals surface area contributed by atoms with E-state index < -0.39 is 0 Å². The summed E-state index contributed by atoms with van der Waals surface area (Å²) in [6, 6.07) is 8.47. The van der Waals surface area contributed by atoms with Gasteiger partial charge < -0.3 is 10.3 Å². The number of rotatable bonds is 3. The first kappa shape index (κ1) is 12.4. The number of nitrogens with zero attached hydrogens (tertiary/aromatic N) is 2. The van der Waals surface area contributed by atoms with Crippen molar-refractivity contribution in [2.24, 2.45) is 0 Å². The van der Waals surface area contributed by atoms with E-state index in [1.807, 2.05) is 6.20 Å². The van der Waals surface area contributed by atoms with E-state index in [-0.39, 0.29) is 0 Å². The van der Waals surface area contributed by atoms with Crippen LogP contribution in [0.25, 0.3) is 11.4 Å². The summed E-state index contributed by atoms with van der Waals surface area (Å²) < 4.78 is 0. The molecule has 2 N–H and O–H groups in total. The fraction of sp³-hybridized carbons (Fsp3) is 0.400. The Morgan fingerprint density at radius 3 is 2.63 bits per heavy atom. The minimum Gasteiger partial charge on any atom is -0.341 e. The second-order valence-electron chi connectivity index (χ2n) is 5.15. The molecule has 0 amide bonds. The van der Waals surface area contributed by atoms with Crippen molar-refractivity contribution in [3.63, 3.8) is 0 Å². The average molecular weight is 256 g/mol. The Labute approximate surface area is 113 Å². The molecule has 2 heterocycles. The lowest BCUT2D eigenvalue weighted by Crippen LogP contribution is -2.42. The van der Waals surface area contributed by atoms with Crippen LogP contribution in [0.3, 0.4) is 0 Å². The van der Waals surface area contributed by atoms with Crippen molar-refractivity contribution in [3.8, 4) is 11.4 Å². The van der Waals surface area contributed by atoms with E-state index in [2.05, 4.69) is 51.4 Å². The lowest BCUT2D eigenvalue weighted by Gasteiger charge is -2.26. The van der Waals surface area contributed by atoms with Gasteiger partial charge in [0.2, 0.25) is 0 Å². The van der Waals surface area contributed by atoms with Gasteiger partial charge in [0.05, 0.1) is 0 Å². The quantitative estimate of drug-likeness (QED) is 0.880. The zero-order chi connectivity index (χ0) is 13.1. The highest BCUT2D eigenvalue weighted by Crippen LogP contribution is 2.16. The van der Waals surface area contributed by atoms with Crippen molar-refractivity contribution in [1.82, 2.24) is 20.2 Å². The highest BCUT2D eigenvalue weighted by atomic mass is 15.2. The molecule has 1 aliphatic rings. The first-order valence-corrected chi connectivity index (χ1v) is 6.85. The van der Waals surface area contributed by atoms with Gasteiger partial charge in [-0.25, -0.2) is 4.98 Å². The predicted octanol–water partition coefficient (Wildman–Crippen LogP) is 1.79. The van der Waals surface area contributed by atoms with Crippen molar-refractivity contribution in [2.75, 3.05) is 26.2 Å². The number of H-pyrrole nitrogens is 1. The SMILES string of the molecule is Cc1ccc(-c2ncc(CN3CCNCC3)[nH]2)cc1. The van der Waals surface area contributed by atoms with Crippen LogP contribution in [0.15, 0.2) is 30.5 Å². The molecule has 100 valence electrons. The Bertz CT molecular complexity index is 523. The van der Waals surface area contributed by atoms with Crippen molar-refractivity contribution in [3.05, 3.63) is 41.7 Å². The number of hydrogen-bond acceptors (Lipinski definition) is 3. The van der Waals surface area contributed by atoms with Crippen molar-refractivity contribution in [1.29, 1.82) is 0 Å². The van der Waals surface area contributed by atoms with Crippen LogP contribution in [-0.2, 0) is 6.54 Å². The molecule has 19 heavy (non-hydrogen) atoms. The summed E-state index contributed by atoms with van der Waals surface area (Å²) in [6.45, 7) is 7.44. The Kier molecular flexibility index (Phi) is 3.62. The number of aromatic amines is 1. The van der Waals surface area contributed by atoms with Crippen molar-refractivity contribution in [2.45, 2.75) is 13.5 Å². The average Bonchev–Trinajstić information content (AvgIpc) is 2.89. The van der Waals surface area contributed by atoms with Crippen LogP contribution in [0.2, 0.25) is 0 Å². The molecule has 2 aromatic rings. The molecule has 1 aliphatic heterocycles. The van der Waals surface area contributed by atoms with Crippen LogP contribution in [0, 0.1) is 6.92 Å². The normalized spacial score (nSPS) is 16.7. The third-order valence-electron chi connectivity index (χ3n) is 3.56. The van der Waals surface area contributed by atoms with Crippen LogP contribution in [0.1, 0.15) is 11.3 Å². The Balaban J connectivity index is 1.70. The van der Waals surface area contributed by atoms with E-state index in [4.69, 9.17) is 0 Å².